The predicted octanol–water partition coefficient (Wildman–Crippen LogP) is 2.47. The molecule has 0 saturated heterocycles. The number of halogens is 1. The van der Waals surface area contributed by atoms with Gasteiger partial charge in [-0.2, -0.15) is 0 Å². The molecule has 0 radical (unpaired) electrons. The van der Waals surface area contributed by atoms with Crippen LogP contribution in [0.5, 0.6) is 5.75 Å². The van der Waals surface area contributed by atoms with Gasteiger partial charge in [0.1, 0.15) is 6.10 Å². The third-order valence-corrected chi connectivity index (χ3v) is 2.73. The van der Waals surface area contributed by atoms with Crippen LogP contribution in [0.2, 0.25) is 0 Å². The van der Waals surface area contributed by atoms with Gasteiger partial charge in [-0.1, -0.05) is 26.0 Å². The van der Waals surface area contributed by atoms with Crippen molar-refractivity contribution >= 4 is 0 Å². The van der Waals surface area contributed by atoms with Crippen LogP contribution in [-0.4, -0.2) is 23.4 Å². The molecule has 0 bridgehead atoms. The molecular formula is C14H22FNO2. The van der Waals surface area contributed by atoms with Crippen molar-refractivity contribution < 1.29 is 14.2 Å². The van der Waals surface area contributed by atoms with Gasteiger partial charge in [-0.05, 0) is 19.9 Å². The molecule has 0 spiro atoms. The van der Waals surface area contributed by atoms with Crippen LogP contribution in [0.1, 0.15) is 33.3 Å². The molecule has 1 aromatic carbocycles. The summed E-state index contributed by atoms with van der Waals surface area (Å²) in [5.41, 5.74) is 0.760. The quantitative estimate of drug-likeness (QED) is 0.820. The Hall–Kier alpha value is -1.13. The SMILES string of the molecule is CC(C)NCc1cccc(F)c1OC(C)C(C)O. The fourth-order valence-electron chi connectivity index (χ4n) is 1.42. The van der Waals surface area contributed by atoms with Crippen molar-refractivity contribution in [3.63, 3.8) is 0 Å². The predicted molar refractivity (Wildman–Crippen MR) is 70.1 cm³/mol. The number of benzene rings is 1. The van der Waals surface area contributed by atoms with Gasteiger partial charge in [0.15, 0.2) is 11.6 Å². The molecule has 0 fully saturated rings. The summed E-state index contributed by atoms with van der Waals surface area (Å²) in [5.74, 6) is -0.176. The zero-order chi connectivity index (χ0) is 13.7. The number of nitrogens with one attached hydrogen (secondary N) is 1. The number of ether oxygens (including phenoxy) is 1. The highest BCUT2D eigenvalue weighted by Gasteiger charge is 2.16. The van der Waals surface area contributed by atoms with E-state index in [1.807, 2.05) is 19.9 Å². The molecule has 4 heteroatoms. The van der Waals surface area contributed by atoms with Gasteiger partial charge in [0.05, 0.1) is 6.10 Å². The summed E-state index contributed by atoms with van der Waals surface area (Å²) in [7, 11) is 0. The number of rotatable bonds is 6. The second-order valence-corrected chi connectivity index (χ2v) is 4.83. The molecule has 3 nitrogen and oxygen atoms in total. The number of para-hydroxylation sites is 1. The number of hydrogen-bond acceptors (Lipinski definition) is 3. The maximum Gasteiger partial charge on any atom is 0.165 e. The lowest BCUT2D eigenvalue weighted by atomic mass is 10.1. The molecule has 0 aliphatic rings. The normalized spacial score (nSPS) is 14.6. The van der Waals surface area contributed by atoms with Gasteiger partial charge in [0.2, 0.25) is 0 Å². The topological polar surface area (TPSA) is 41.5 Å². The molecule has 2 unspecified atom stereocenters. The van der Waals surface area contributed by atoms with E-state index >= 15 is 0 Å². The molecule has 2 N–H and O–H groups in total. The zero-order valence-corrected chi connectivity index (χ0v) is 11.4. The first-order valence-electron chi connectivity index (χ1n) is 6.27. The van der Waals surface area contributed by atoms with Crippen molar-refractivity contribution in [2.75, 3.05) is 0 Å². The molecular weight excluding hydrogens is 233 g/mol. The molecule has 18 heavy (non-hydrogen) atoms. The van der Waals surface area contributed by atoms with E-state index in [2.05, 4.69) is 5.32 Å². The average Bonchev–Trinajstić information content (AvgIpc) is 2.29. The van der Waals surface area contributed by atoms with Crippen LogP contribution in [0.25, 0.3) is 0 Å². The van der Waals surface area contributed by atoms with Gasteiger partial charge >= 0.3 is 0 Å². The van der Waals surface area contributed by atoms with E-state index < -0.39 is 18.0 Å². The maximum atomic E-state index is 13.8. The van der Waals surface area contributed by atoms with E-state index in [1.165, 1.54) is 6.07 Å². The van der Waals surface area contributed by atoms with Crippen LogP contribution in [0, 0.1) is 5.82 Å². The van der Waals surface area contributed by atoms with Crippen LogP contribution in [0.4, 0.5) is 4.39 Å². The number of aliphatic hydroxyl groups excluding tert-OH is 1. The summed E-state index contributed by atoms with van der Waals surface area (Å²) in [6, 6.07) is 5.16. The Labute approximate surface area is 108 Å². The Morgan fingerprint density at radius 1 is 1.28 bits per heavy atom. The lowest BCUT2D eigenvalue weighted by molar-refractivity contribution is 0.0571. The molecule has 2 atom stereocenters. The number of hydrogen-bond donors (Lipinski definition) is 2. The molecule has 0 amide bonds. The van der Waals surface area contributed by atoms with E-state index in [4.69, 9.17) is 4.74 Å². The maximum absolute atomic E-state index is 13.8. The van der Waals surface area contributed by atoms with Crippen LogP contribution >= 0.6 is 0 Å². The highest BCUT2D eigenvalue weighted by atomic mass is 19.1. The van der Waals surface area contributed by atoms with Crippen molar-refractivity contribution in [1.82, 2.24) is 5.32 Å². The van der Waals surface area contributed by atoms with E-state index in [-0.39, 0.29) is 5.75 Å². The van der Waals surface area contributed by atoms with Crippen LogP contribution in [0.15, 0.2) is 18.2 Å². The summed E-state index contributed by atoms with van der Waals surface area (Å²) in [4.78, 5) is 0. The van der Waals surface area contributed by atoms with Crippen molar-refractivity contribution in [2.24, 2.45) is 0 Å². The van der Waals surface area contributed by atoms with Gasteiger partial charge in [-0.3, -0.25) is 0 Å². The second kappa shape index (κ2) is 6.71. The summed E-state index contributed by atoms with van der Waals surface area (Å²) in [6.45, 7) is 7.93. The molecule has 1 rings (SSSR count). The smallest absolute Gasteiger partial charge is 0.165 e. The summed E-state index contributed by atoms with van der Waals surface area (Å²) in [5, 5.41) is 12.6. The Morgan fingerprint density at radius 3 is 2.50 bits per heavy atom. The Balaban J connectivity index is 2.86. The second-order valence-electron chi connectivity index (χ2n) is 4.83. The summed E-state index contributed by atoms with van der Waals surface area (Å²) >= 11 is 0. The Kier molecular flexibility index (Phi) is 5.56. The van der Waals surface area contributed by atoms with Crippen LogP contribution in [-0.2, 0) is 6.54 Å². The molecule has 0 saturated carbocycles. The molecule has 0 aromatic heterocycles. The van der Waals surface area contributed by atoms with E-state index in [0.29, 0.717) is 12.6 Å². The van der Waals surface area contributed by atoms with Crippen molar-refractivity contribution in [3.8, 4) is 5.75 Å². The molecule has 1 aromatic rings. The van der Waals surface area contributed by atoms with Gasteiger partial charge in [-0.15, -0.1) is 0 Å². The van der Waals surface area contributed by atoms with Gasteiger partial charge < -0.3 is 15.2 Å². The Morgan fingerprint density at radius 2 is 1.94 bits per heavy atom. The minimum Gasteiger partial charge on any atom is -0.485 e. The molecule has 0 heterocycles. The fraction of sp³-hybridized carbons (Fsp3) is 0.571. The standard InChI is InChI=1S/C14H22FNO2/c1-9(2)16-8-12-6-5-7-13(15)14(12)18-11(4)10(3)17/h5-7,9-11,16-17H,8H2,1-4H3. The van der Waals surface area contributed by atoms with Crippen LogP contribution in [0.3, 0.4) is 0 Å². The third kappa shape index (κ3) is 4.27. The van der Waals surface area contributed by atoms with Crippen molar-refractivity contribution in [2.45, 2.75) is 52.5 Å². The summed E-state index contributed by atoms with van der Waals surface area (Å²) < 4.78 is 19.3. The first-order chi connectivity index (χ1) is 8.41. The molecule has 0 aliphatic carbocycles. The first kappa shape index (κ1) is 14.9. The number of aliphatic hydroxyl groups is 1. The van der Waals surface area contributed by atoms with E-state index in [0.717, 1.165) is 5.56 Å². The average molecular weight is 255 g/mol. The van der Waals surface area contributed by atoms with Crippen LogP contribution < -0.4 is 10.1 Å². The van der Waals surface area contributed by atoms with E-state index in [1.54, 1.807) is 19.9 Å². The van der Waals surface area contributed by atoms with E-state index in [9.17, 15) is 9.50 Å². The lowest BCUT2D eigenvalue weighted by Crippen LogP contribution is -2.27. The zero-order valence-electron chi connectivity index (χ0n) is 11.4. The van der Waals surface area contributed by atoms with Gasteiger partial charge in [0.25, 0.3) is 0 Å². The minimum atomic E-state index is -0.643. The minimum absolute atomic E-state index is 0.221. The van der Waals surface area contributed by atoms with Crippen molar-refractivity contribution in [3.05, 3.63) is 29.6 Å². The Bertz CT molecular complexity index is 380. The molecule has 0 aliphatic heterocycles. The summed E-state index contributed by atoms with van der Waals surface area (Å²) in [6.07, 6.45) is -1.09. The third-order valence-electron chi connectivity index (χ3n) is 2.73. The highest BCUT2D eigenvalue weighted by molar-refractivity contribution is 5.35. The van der Waals surface area contributed by atoms with Gasteiger partial charge in [0, 0.05) is 18.2 Å². The lowest BCUT2D eigenvalue weighted by Gasteiger charge is -2.20. The van der Waals surface area contributed by atoms with Crippen molar-refractivity contribution in [1.29, 1.82) is 0 Å². The largest absolute Gasteiger partial charge is 0.485 e. The fourth-order valence-corrected chi connectivity index (χ4v) is 1.42. The first-order valence-corrected chi connectivity index (χ1v) is 6.27. The van der Waals surface area contributed by atoms with Gasteiger partial charge in [-0.25, -0.2) is 4.39 Å². The molecule has 102 valence electrons. The highest BCUT2D eigenvalue weighted by Crippen LogP contribution is 2.24. The monoisotopic (exact) mass is 255 g/mol.